The quantitative estimate of drug-likeness (QED) is 0.622. The average molecular weight is 361 g/mol. The lowest BCUT2D eigenvalue weighted by molar-refractivity contribution is -0.895. The summed E-state index contributed by atoms with van der Waals surface area (Å²) in [4.78, 5) is 38.9. The van der Waals surface area contributed by atoms with E-state index in [1.165, 1.54) is 11.8 Å². The van der Waals surface area contributed by atoms with Gasteiger partial charge in [0.2, 0.25) is 5.91 Å². The van der Waals surface area contributed by atoms with E-state index < -0.39 is 11.8 Å². The minimum Gasteiger partial charge on any atom is -0.342 e. The maximum Gasteiger partial charge on any atom is 0.313 e. The van der Waals surface area contributed by atoms with E-state index in [0.29, 0.717) is 18.8 Å². The molecule has 0 radical (unpaired) electrons. The molecule has 0 unspecified atom stereocenters. The molecular formula is C19H29N4O3+. The number of rotatable bonds is 6. The van der Waals surface area contributed by atoms with Gasteiger partial charge in [-0.3, -0.25) is 14.4 Å². The number of nitrogens with zero attached hydrogens (tertiary/aromatic N) is 1. The van der Waals surface area contributed by atoms with Crippen molar-refractivity contribution in [3.8, 4) is 0 Å². The number of carbonyl (C=O) groups is 3. The summed E-state index contributed by atoms with van der Waals surface area (Å²) in [7, 11) is 0. The number of nitrogens with one attached hydrogen (secondary N) is 3. The lowest BCUT2D eigenvalue weighted by atomic mass is 10.0. The van der Waals surface area contributed by atoms with Gasteiger partial charge >= 0.3 is 11.8 Å². The number of likely N-dealkylation sites (N-methyl/N-ethyl adjacent to an activating group) is 1. The molecule has 7 heteroatoms. The van der Waals surface area contributed by atoms with Crippen LogP contribution in [0, 0.1) is 0 Å². The first-order valence-corrected chi connectivity index (χ1v) is 9.30. The zero-order valence-corrected chi connectivity index (χ0v) is 15.9. The maximum absolute atomic E-state index is 12.1. The van der Waals surface area contributed by atoms with Gasteiger partial charge in [0.05, 0.1) is 26.2 Å². The highest BCUT2D eigenvalue weighted by Gasteiger charge is 2.21. The molecule has 0 saturated heterocycles. The van der Waals surface area contributed by atoms with Crippen molar-refractivity contribution in [1.29, 1.82) is 0 Å². The molecule has 3 N–H and O–H groups in total. The van der Waals surface area contributed by atoms with Gasteiger partial charge in [-0.2, -0.15) is 0 Å². The van der Waals surface area contributed by atoms with Gasteiger partial charge in [0, 0.05) is 24.8 Å². The Morgan fingerprint density at radius 3 is 2.54 bits per heavy atom. The molecule has 0 aliphatic carbocycles. The first kappa shape index (κ1) is 19.9. The van der Waals surface area contributed by atoms with Crippen LogP contribution in [0.5, 0.6) is 0 Å². The number of amides is 3. The summed E-state index contributed by atoms with van der Waals surface area (Å²) >= 11 is 0. The summed E-state index contributed by atoms with van der Waals surface area (Å²) in [5.74, 6) is -1.35. The molecule has 0 aromatic heterocycles. The van der Waals surface area contributed by atoms with Crippen molar-refractivity contribution < 1.29 is 19.3 Å². The molecule has 1 aromatic carbocycles. The fraction of sp³-hybridized carbons (Fsp3) is 0.526. The van der Waals surface area contributed by atoms with Crippen molar-refractivity contribution >= 4 is 29.1 Å². The maximum atomic E-state index is 12.1. The summed E-state index contributed by atoms with van der Waals surface area (Å²) in [6.45, 7) is 9.62. The van der Waals surface area contributed by atoms with Crippen LogP contribution in [0.25, 0.3) is 0 Å². The van der Waals surface area contributed by atoms with Crippen molar-refractivity contribution in [2.75, 3.05) is 42.9 Å². The lowest BCUT2D eigenvalue weighted by Crippen LogP contribution is -3.12. The monoisotopic (exact) mass is 361 g/mol. The number of benzene rings is 1. The number of hydrogen-bond acceptors (Lipinski definition) is 3. The van der Waals surface area contributed by atoms with Gasteiger partial charge in [-0.1, -0.05) is 6.07 Å². The second kappa shape index (κ2) is 9.33. The topological polar surface area (TPSA) is 82.9 Å². The summed E-state index contributed by atoms with van der Waals surface area (Å²) < 4.78 is 0. The molecule has 0 bridgehead atoms. The molecule has 0 fully saturated rings. The zero-order valence-electron chi connectivity index (χ0n) is 15.9. The molecular weight excluding hydrogens is 332 g/mol. The SMILES string of the molecule is CC[NH+](CC)CCNC(=O)C(=O)Nc1ccc2c(c1)N(C(C)=O)CCC2. The smallest absolute Gasteiger partial charge is 0.313 e. The molecule has 3 amide bonds. The number of quaternary nitrogens is 1. The molecule has 1 aliphatic rings. The fourth-order valence-electron chi connectivity index (χ4n) is 3.20. The molecule has 1 heterocycles. The Morgan fingerprint density at radius 2 is 1.88 bits per heavy atom. The number of carbonyl (C=O) groups excluding carboxylic acids is 3. The summed E-state index contributed by atoms with van der Waals surface area (Å²) in [6, 6.07) is 5.44. The fourth-order valence-corrected chi connectivity index (χ4v) is 3.20. The standard InChI is InChI=1S/C19H28N4O3/c1-4-22(5-2)12-10-20-18(25)19(26)21-16-9-8-15-7-6-11-23(14(3)24)17(15)13-16/h8-9,13H,4-7,10-12H2,1-3H3,(H,20,25)(H,21,26)/p+1. The molecule has 1 aromatic rings. The molecule has 7 nitrogen and oxygen atoms in total. The van der Waals surface area contributed by atoms with Crippen LogP contribution >= 0.6 is 0 Å². The van der Waals surface area contributed by atoms with Gasteiger partial charge in [0.25, 0.3) is 0 Å². The van der Waals surface area contributed by atoms with E-state index in [2.05, 4.69) is 24.5 Å². The van der Waals surface area contributed by atoms with Crippen LogP contribution in [0.2, 0.25) is 0 Å². The highest BCUT2D eigenvalue weighted by molar-refractivity contribution is 6.39. The Balaban J connectivity index is 1.95. The Kier molecular flexibility index (Phi) is 7.15. The third-order valence-corrected chi connectivity index (χ3v) is 4.81. The number of anilines is 2. The van der Waals surface area contributed by atoms with Gasteiger partial charge in [-0.25, -0.2) is 0 Å². The van der Waals surface area contributed by atoms with E-state index in [4.69, 9.17) is 0 Å². The first-order chi connectivity index (χ1) is 12.5. The minimum atomic E-state index is -0.690. The van der Waals surface area contributed by atoms with Crippen LogP contribution < -0.4 is 20.4 Å². The van der Waals surface area contributed by atoms with Crippen molar-refractivity contribution in [1.82, 2.24) is 5.32 Å². The third-order valence-electron chi connectivity index (χ3n) is 4.81. The van der Waals surface area contributed by atoms with Gasteiger partial charge in [-0.05, 0) is 44.4 Å². The molecule has 2 rings (SSSR count). The van der Waals surface area contributed by atoms with Crippen LogP contribution in [-0.2, 0) is 20.8 Å². The van der Waals surface area contributed by atoms with Gasteiger partial charge < -0.3 is 20.4 Å². The lowest BCUT2D eigenvalue weighted by Gasteiger charge is -2.29. The number of hydrogen-bond donors (Lipinski definition) is 3. The van der Waals surface area contributed by atoms with E-state index in [0.717, 1.165) is 43.7 Å². The van der Waals surface area contributed by atoms with E-state index >= 15 is 0 Å². The molecule has 0 spiro atoms. The normalized spacial score (nSPS) is 13.3. The first-order valence-electron chi connectivity index (χ1n) is 9.30. The number of aryl methyl sites for hydroxylation is 1. The minimum absolute atomic E-state index is 0.0222. The third kappa shape index (κ3) is 5.05. The van der Waals surface area contributed by atoms with Crippen molar-refractivity contribution in [2.24, 2.45) is 0 Å². The predicted molar refractivity (Wildman–Crippen MR) is 101 cm³/mol. The van der Waals surface area contributed by atoms with Crippen LogP contribution in [0.4, 0.5) is 11.4 Å². The second-order valence-electron chi connectivity index (χ2n) is 6.53. The summed E-state index contributed by atoms with van der Waals surface area (Å²) in [6.07, 6.45) is 1.83. The van der Waals surface area contributed by atoms with Crippen LogP contribution in [0.1, 0.15) is 32.8 Å². The average Bonchev–Trinajstić information content (AvgIpc) is 2.64. The van der Waals surface area contributed by atoms with E-state index in [9.17, 15) is 14.4 Å². The predicted octanol–water partition coefficient (Wildman–Crippen LogP) is -0.0349. The van der Waals surface area contributed by atoms with E-state index in [-0.39, 0.29) is 5.91 Å². The Morgan fingerprint density at radius 1 is 1.15 bits per heavy atom. The van der Waals surface area contributed by atoms with Gasteiger partial charge in [0.1, 0.15) is 0 Å². The van der Waals surface area contributed by atoms with Crippen LogP contribution in [-0.4, -0.2) is 50.4 Å². The Labute approximate surface area is 154 Å². The molecule has 1 aliphatic heterocycles. The van der Waals surface area contributed by atoms with E-state index in [1.54, 1.807) is 17.0 Å². The van der Waals surface area contributed by atoms with Crippen molar-refractivity contribution in [2.45, 2.75) is 33.6 Å². The summed E-state index contributed by atoms with van der Waals surface area (Å²) in [5.41, 5.74) is 2.41. The Bertz CT molecular complexity index is 671. The van der Waals surface area contributed by atoms with E-state index in [1.807, 2.05) is 6.07 Å². The highest BCUT2D eigenvalue weighted by Crippen LogP contribution is 2.30. The number of fused-ring (bicyclic) bond motifs is 1. The van der Waals surface area contributed by atoms with Crippen LogP contribution in [0.3, 0.4) is 0 Å². The van der Waals surface area contributed by atoms with Crippen molar-refractivity contribution in [3.05, 3.63) is 23.8 Å². The molecule has 142 valence electrons. The largest absolute Gasteiger partial charge is 0.342 e. The Hall–Kier alpha value is -2.41. The molecule has 0 saturated carbocycles. The second-order valence-corrected chi connectivity index (χ2v) is 6.53. The highest BCUT2D eigenvalue weighted by atomic mass is 16.2. The van der Waals surface area contributed by atoms with Crippen molar-refractivity contribution in [3.63, 3.8) is 0 Å². The van der Waals surface area contributed by atoms with Gasteiger partial charge in [-0.15, -0.1) is 0 Å². The molecule has 0 atom stereocenters. The molecule has 26 heavy (non-hydrogen) atoms. The van der Waals surface area contributed by atoms with Gasteiger partial charge in [0.15, 0.2) is 0 Å². The zero-order chi connectivity index (χ0) is 19.1. The van der Waals surface area contributed by atoms with Crippen LogP contribution in [0.15, 0.2) is 18.2 Å². The summed E-state index contributed by atoms with van der Waals surface area (Å²) in [5, 5.41) is 5.28.